The van der Waals surface area contributed by atoms with Crippen molar-refractivity contribution in [3.05, 3.63) is 29.8 Å². The molecule has 0 radical (unpaired) electrons. The molecule has 0 unspecified atom stereocenters. The lowest BCUT2D eigenvalue weighted by atomic mass is 10.1. The first-order valence-electron chi connectivity index (χ1n) is 5.51. The second-order valence-electron chi connectivity index (χ2n) is 3.68. The number of halogens is 3. The fourth-order valence-electron chi connectivity index (χ4n) is 1.41. The van der Waals surface area contributed by atoms with Gasteiger partial charge < -0.3 is 14.8 Å². The molecule has 19 heavy (non-hydrogen) atoms. The van der Waals surface area contributed by atoms with Crippen LogP contribution in [0.1, 0.15) is 5.56 Å². The van der Waals surface area contributed by atoms with Crippen molar-refractivity contribution in [2.75, 3.05) is 20.3 Å². The van der Waals surface area contributed by atoms with E-state index in [0.29, 0.717) is 12.2 Å². The second kappa shape index (κ2) is 6.86. The predicted molar refractivity (Wildman–Crippen MR) is 62.1 cm³/mol. The van der Waals surface area contributed by atoms with E-state index in [1.165, 1.54) is 7.11 Å². The SMILES string of the molecule is COc1ccccc1CCNC(=O)OCC(F)(F)F. The summed E-state index contributed by atoms with van der Waals surface area (Å²) in [5.41, 5.74) is 0.848. The number of hydrogen-bond donors (Lipinski definition) is 1. The molecule has 106 valence electrons. The van der Waals surface area contributed by atoms with Crippen molar-refractivity contribution in [1.29, 1.82) is 0 Å². The number of para-hydroxylation sites is 1. The van der Waals surface area contributed by atoms with Crippen LogP contribution in [0.4, 0.5) is 18.0 Å². The molecule has 1 aromatic carbocycles. The number of hydrogen-bond acceptors (Lipinski definition) is 3. The third-order valence-corrected chi connectivity index (χ3v) is 2.22. The van der Waals surface area contributed by atoms with Gasteiger partial charge in [0.25, 0.3) is 0 Å². The Morgan fingerprint density at radius 3 is 2.63 bits per heavy atom. The summed E-state index contributed by atoms with van der Waals surface area (Å²) in [7, 11) is 1.52. The van der Waals surface area contributed by atoms with Crippen LogP contribution >= 0.6 is 0 Å². The molecule has 0 aliphatic carbocycles. The maximum absolute atomic E-state index is 11.8. The highest BCUT2D eigenvalue weighted by molar-refractivity contribution is 5.67. The number of alkyl carbamates (subject to hydrolysis) is 1. The highest BCUT2D eigenvalue weighted by atomic mass is 19.4. The minimum Gasteiger partial charge on any atom is -0.496 e. The summed E-state index contributed by atoms with van der Waals surface area (Å²) >= 11 is 0. The number of nitrogens with one attached hydrogen (secondary N) is 1. The van der Waals surface area contributed by atoms with Crippen molar-refractivity contribution in [1.82, 2.24) is 5.32 Å². The number of amides is 1. The van der Waals surface area contributed by atoms with Crippen LogP contribution < -0.4 is 10.1 Å². The van der Waals surface area contributed by atoms with Gasteiger partial charge in [0.15, 0.2) is 6.61 Å². The smallest absolute Gasteiger partial charge is 0.422 e. The number of alkyl halides is 3. The zero-order chi connectivity index (χ0) is 14.3. The van der Waals surface area contributed by atoms with Gasteiger partial charge in [0.05, 0.1) is 7.11 Å². The van der Waals surface area contributed by atoms with Gasteiger partial charge in [0.1, 0.15) is 5.75 Å². The molecule has 0 saturated heterocycles. The summed E-state index contributed by atoms with van der Waals surface area (Å²) in [6.45, 7) is -1.43. The molecule has 0 aromatic heterocycles. The number of rotatable bonds is 5. The fourth-order valence-corrected chi connectivity index (χ4v) is 1.41. The van der Waals surface area contributed by atoms with E-state index in [1.54, 1.807) is 18.2 Å². The lowest BCUT2D eigenvalue weighted by Gasteiger charge is -2.10. The first-order valence-corrected chi connectivity index (χ1v) is 5.51. The zero-order valence-electron chi connectivity index (χ0n) is 10.3. The van der Waals surface area contributed by atoms with Crippen LogP contribution in [0.5, 0.6) is 5.75 Å². The Hall–Kier alpha value is -1.92. The molecule has 0 saturated carbocycles. The van der Waals surface area contributed by atoms with Gasteiger partial charge in [0, 0.05) is 6.54 Å². The second-order valence-corrected chi connectivity index (χ2v) is 3.68. The first kappa shape index (κ1) is 15.1. The minimum atomic E-state index is -4.51. The van der Waals surface area contributed by atoms with E-state index in [0.717, 1.165) is 5.56 Å². The molecule has 0 fully saturated rings. The predicted octanol–water partition coefficient (Wildman–Crippen LogP) is 2.53. The molecule has 0 aliphatic rings. The molecule has 7 heteroatoms. The summed E-state index contributed by atoms with van der Waals surface area (Å²) in [5.74, 6) is 0.660. The Labute approximate surface area is 108 Å². The monoisotopic (exact) mass is 277 g/mol. The van der Waals surface area contributed by atoms with Crippen molar-refractivity contribution in [3.8, 4) is 5.75 Å². The van der Waals surface area contributed by atoms with Crippen LogP contribution in [0.15, 0.2) is 24.3 Å². The van der Waals surface area contributed by atoms with Crippen LogP contribution in [-0.4, -0.2) is 32.5 Å². The summed E-state index contributed by atoms with van der Waals surface area (Å²) in [6, 6.07) is 7.17. The van der Waals surface area contributed by atoms with Crippen LogP contribution in [0.2, 0.25) is 0 Å². The van der Waals surface area contributed by atoms with Gasteiger partial charge in [-0.25, -0.2) is 4.79 Å². The molecular formula is C12H14F3NO3. The van der Waals surface area contributed by atoms with E-state index in [4.69, 9.17) is 4.74 Å². The van der Waals surface area contributed by atoms with Gasteiger partial charge in [-0.05, 0) is 18.1 Å². The topological polar surface area (TPSA) is 47.6 Å². The van der Waals surface area contributed by atoms with Crippen LogP contribution in [0.25, 0.3) is 0 Å². The number of carbonyl (C=O) groups excluding carboxylic acids is 1. The van der Waals surface area contributed by atoms with E-state index in [1.807, 2.05) is 6.07 Å². The Bertz CT molecular complexity index is 421. The number of carbonyl (C=O) groups is 1. The highest BCUT2D eigenvalue weighted by Crippen LogP contribution is 2.17. The summed E-state index contributed by atoms with van der Waals surface area (Å²) < 4.78 is 44.4. The molecule has 1 amide bonds. The van der Waals surface area contributed by atoms with Gasteiger partial charge in [0.2, 0.25) is 0 Å². The highest BCUT2D eigenvalue weighted by Gasteiger charge is 2.29. The van der Waals surface area contributed by atoms with Crippen molar-refractivity contribution in [3.63, 3.8) is 0 Å². The first-order chi connectivity index (χ1) is 8.92. The van der Waals surface area contributed by atoms with E-state index in [2.05, 4.69) is 10.1 Å². The van der Waals surface area contributed by atoms with E-state index < -0.39 is 18.9 Å². The van der Waals surface area contributed by atoms with Gasteiger partial charge in [-0.2, -0.15) is 13.2 Å². The number of benzene rings is 1. The van der Waals surface area contributed by atoms with Gasteiger partial charge >= 0.3 is 12.3 Å². The van der Waals surface area contributed by atoms with E-state index in [9.17, 15) is 18.0 Å². The number of methoxy groups -OCH3 is 1. The van der Waals surface area contributed by atoms with Gasteiger partial charge in [-0.15, -0.1) is 0 Å². The van der Waals surface area contributed by atoms with E-state index >= 15 is 0 Å². The van der Waals surface area contributed by atoms with Gasteiger partial charge in [-0.3, -0.25) is 0 Å². The lowest BCUT2D eigenvalue weighted by Crippen LogP contribution is -2.30. The van der Waals surface area contributed by atoms with E-state index in [-0.39, 0.29) is 6.54 Å². The molecular weight excluding hydrogens is 263 g/mol. The summed E-state index contributed by atoms with van der Waals surface area (Å²) in [5, 5.41) is 2.24. The molecule has 1 N–H and O–H groups in total. The summed E-state index contributed by atoms with van der Waals surface area (Å²) in [6.07, 6.45) is -5.17. The number of ether oxygens (including phenoxy) is 2. The molecule has 1 rings (SSSR count). The van der Waals surface area contributed by atoms with Crippen LogP contribution in [-0.2, 0) is 11.2 Å². The average Bonchev–Trinajstić information content (AvgIpc) is 2.36. The third kappa shape index (κ3) is 5.98. The Balaban J connectivity index is 2.32. The van der Waals surface area contributed by atoms with Crippen LogP contribution in [0.3, 0.4) is 0 Å². The summed E-state index contributed by atoms with van der Waals surface area (Å²) in [4.78, 5) is 11.0. The average molecular weight is 277 g/mol. The maximum atomic E-state index is 11.8. The third-order valence-electron chi connectivity index (χ3n) is 2.22. The Morgan fingerprint density at radius 1 is 1.32 bits per heavy atom. The maximum Gasteiger partial charge on any atom is 0.422 e. The Kier molecular flexibility index (Phi) is 5.47. The molecule has 0 spiro atoms. The molecule has 0 heterocycles. The van der Waals surface area contributed by atoms with Crippen LogP contribution in [0, 0.1) is 0 Å². The quantitative estimate of drug-likeness (QED) is 0.899. The fraction of sp³-hybridized carbons (Fsp3) is 0.417. The van der Waals surface area contributed by atoms with Crippen molar-refractivity contribution in [2.24, 2.45) is 0 Å². The van der Waals surface area contributed by atoms with Gasteiger partial charge in [-0.1, -0.05) is 18.2 Å². The zero-order valence-corrected chi connectivity index (χ0v) is 10.3. The van der Waals surface area contributed by atoms with Crippen molar-refractivity contribution in [2.45, 2.75) is 12.6 Å². The van der Waals surface area contributed by atoms with Crippen molar-refractivity contribution >= 4 is 6.09 Å². The molecule has 1 aromatic rings. The largest absolute Gasteiger partial charge is 0.496 e. The Morgan fingerprint density at radius 2 is 2.00 bits per heavy atom. The molecule has 0 aliphatic heterocycles. The standard InChI is InChI=1S/C12H14F3NO3/c1-18-10-5-3-2-4-9(10)6-7-16-11(17)19-8-12(13,14)15/h2-5H,6-8H2,1H3,(H,16,17). The molecule has 4 nitrogen and oxygen atoms in total. The molecule has 0 bridgehead atoms. The normalized spacial score (nSPS) is 10.9. The van der Waals surface area contributed by atoms with Crippen molar-refractivity contribution < 1.29 is 27.4 Å². The lowest BCUT2D eigenvalue weighted by molar-refractivity contribution is -0.160. The molecule has 0 atom stereocenters. The minimum absolute atomic E-state index is 0.164.